The lowest BCUT2D eigenvalue weighted by atomic mass is 10.1. The molecule has 1 amide bonds. The van der Waals surface area contributed by atoms with Crippen molar-refractivity contribution in [3.63, 3.8) is 0 Å². The molecule has 0 atom stereocenters. The van der Waals surface area contributed by atoms with Crippen molar-refractivity contribution < 1.29 is 13.9 Å². The highest BCUT2D eigenvalue weighted by Crippen LogP contribution is 2.18. The molecule has 4 nitrogen and oxygen atoms in total. The summed E-state index contributed by atoms with van der Waals surface area (Å²) in [6.07, 6.45) is 5.57. The Bertz CT molecular complexity index is 455. The number of ether oxygens (including phenoxy) is 1. The lowest BCUT2D eigenvalue weighted by Crippen LogP contribution is -2.29. The van der Waals surface area contributed by atoms with Crippen molar-refractivity contribution in [2.45, 2.75) is 6.42 Å². The van der Waals surface area contributed by atoms with Crippen LogP contribution in [-0.2, 0) is 11.2 Å². The first-order valence-corrected chi connectivity index (χ1v) is 5.49. The van der Waals surface area contributed by atoms with E-state index in [-0.39, 0.29) is 18.9 Å². The zero-order chi connectivity index (χ0) is 13.4. The number of hydrogen-bond donors (Lipinski definition) is 2. The second-order valence-electron chi connectivity index (χ2n) is 3.57. The topological polar surface area (TPSA) is 64.3 Å². The van der Waals surface area contributed by atoms with E-state index in [1.807, 2.05) is 0 Å². The van der Waals surface area contributed by atoms with Gasteiger partial charge in [0, 0.05) is 0 Å². The standard InChI is InChI=1S/C13H15FN2O2/c1-2-7-16-13(17)9-18-12-4-3-10(5-6-15)8-11(12)14/h1,3-4,8H,5-7,9,15H2,(H,16,17). The average Bonchev–Trinajstić information content (AvgIpc) is 2.35. The highest BCUT2D eigenvalue weighted by molar-refractivity contribution is 5.77. The van der Waals surface area contributed by atoms with Crippen molar-refractivity contribution in [3.8, 4) is 18.1 Å². The summed E-state index contributed by atoms with van der Waals surface area (Å²) in [6, 6.07) is 4.54. The Hall–Kier alpha value is -2.06. The van der Waals surface area contributed by atoms with Gasteiger partial charge in [0.05, 0.1) is 6.54 Å². The number of carbonyl (C=O) groups is 1. The number of benzene rings is 1. The Morgan fingerprint density at radius 1 is 1.56 bits per heavy atom. The number of halogens is 1. The number of amides is 1. The fraction of sp³-hybridized carbons (Fsp3) is 0.308. The minimum absolute atomic E-state index is 0.0339. The molecule has 5 heteroatoms. The van der Waals surface area contributed by atoms with E-state index in [1.54, 1.807) is 6.07 Å². The van der Waals surface area contributed by atoms with Gasteiger partial charge in [0.2, 0.25) is 0 Å². The fourth-order valence-corrected chi connectivity index (χ4v) is 1.33. The first kappa shape index (κ1) is 14.0. The van der Waals surface area contributed by atoms with Crippen molar-refractivity contribution >= 4 is 5.91 Å². The Morgan fingerprint density at radius 3 is 2.94 bits per heavy atom. The molecule has 0 aliphatic heterocycles. The molecule has 0 saturated carbocycles. The quantitative estimate of drug-likeness (QED) is 0.721. The molecule has 1 aromatic carbocycles. The maximum atomic E-state index is 13.5. The Kier molecular flexibility index (Phi) is 5.68. The molecule has 1 rings (SSSR count). The lowest BCUT2D eigenvalue weighted by Gasteiger charge is -2.08. The molecule has 0 aromatic heterocycles. The summed E-state index contributed by atoms with van der Waals surface area (Å²) in [5.41, 5.74) is 6.16. The number of nitrogens with one attached hydrogen (secondary N) is 1. The number of rotatable bonds is 6. The fourth-order valence-electron chi connectivity index (χ4n) is 1.33. The zero-order valence-electron chi connectivity index (χ0n) is 9.91. The molecule has 0 fully saturated rings. The molecule has 96 valence electrons. The number of terminal acetylenes is 1. The van der Waals surface area contributed by atoms with Gasteiger partial charge in [-0.05, 0) is 30.7 Å². The molecular weight excluding hydrogens is 235 g/mol. The molecule has 0 saturated heterocycles. The van der Waals surface area contributed by atoms with E-state index in [0.717, 1.165) is 5.56 Å². The van der Waals surface area contributed by atoms with Gasteiger partial charge in [-0.25, -0.2) is 4.39 Å². The van der Waals surface area contributed by atoms with Gasteiger partial charge < -0.3 is 15.8 Å². The Balaban J connectivity index is 2.52. The second kappa shape index (κ2) is 7.30. The minimum Gasteiger partial charge on any atom is -0.481 e. The predicted octanol–water partition coefficient (Wildman–Crippen LogP) is 0.455. The minimum atomic E-state index is -0.509. The van der Waals surface area contributed by atoms with Crippen LogP contribution in [0.15, 0.2) is 18.2 Å². The number of hydrogen-bond acceptors (Lipinski definition) is 3. The molecular formula is C13H15FN2O2. The summed E-state index contributed by atoms with van der Waals surface area (Å²) in [5, 5.41) is 2.41. The summed E-state index contributed by atoms with van der Waals surface area (Å²) in [4.78, 5) is 11.2. The molecule has 0 aliphatic rings. The van der Waals surface area contributed by atoms with Gasteiger partial charge in [0.25, 0.3) is 5.91 Å². The van der Waals surface area contributed by atoms with E-state index in [2.05, 4.69) is 11.2 Å². The van der Waals surface area contributed by atoms with Crippen molar-refractivity contribution in [1.29, 1.82) is 0 Å². The van der Waals surface area contributed by atoms with Crippen LogP contribution in [0.25, 0.3) is 0 Å². The summed E-state index contributed by atoms with van der Waals surface area (Å²) in [6.45, 7) is 0.309. The van der Waals surface area contributed by atoms with E-state index < -0.39 is 11.7 Å². The van der Waals surface area contributed by atoms with Crippen LogP contribution in [0.1, 0.15) is 5.56 Å². The Morgan fingerprint density at radius 2 is 2.33 bits per heavy atom. The van der Waals surface area contributed by atoms with Crippen molar-refractivity contribution in [2.24, 2.45) is 5.73 Å². The van der Waals surface area contributed by atoms with Gasteiger partial charge >= 0.3 is 0 Å². The van der Waals surface area contributed by atoms with Crippen molar-refractivity contribution in [3.05, 3.63) is 29.6 Å². The second-order valence-corrected chi connectivity index (χ2v) is 3.57. The van der Waals surface area contributed by atoms with Crippen LogP contribution in [0.4, 0.5) is 4.39 Å². The first-order chi connectivity index (χ1) is 8.67. The monoisotopic (exact) mass is 250 g/mol. The summed E-state index contributed by atoms with van der Waals surface area (Å²) in [5.74, 6) is 1.39. The maximum absolute atomic E-state index is 13.5. The van der Waals surface area contributed by atoms with E-state index in [1.165, 1.54) is 12.1 Å². The van der Waals surface area contributed by atoms with Crippen LogP contribution < -0.4 is 15.8 Å². The van der Waals surface area contributed by atoms with Crippen LogP contribution in [0.2, 0.25) is 0 Å². The molecule has 0 bridgehead atoms. The SMILES string of the molecule is C#CCNC(=O)COc1ccc(CCN)cc1F. The van der Waals surface area contributed by atoms with Crippen LogP contribution in [0.5, 0.6) is 5.75 Å². The third-order valence-electron chi connectivity index (χ3n) is 2.18. The zero-order valence-corrected chi connectivity index (χ0v) is 9.91. The van der Waals surface area contributed by atoms with E-state index >= 15 is 0 Å². The largest absolute Gasteiger partial charge is 0.481 e. The van der Waals surface area contributed by atoms with Crippen LogP contribution in [-0.4, -0.2) is 25.6 Å². The van der Waals surface area contributed by atoms with Gasteiger partial charge in [-0.2, -0.15) is 0 Å². The molecule has 0 aliphatic carbocycles. The van der Waals surface area contributed by atoms with Crippen LogP contribution in [0, 0.1) is 18.2 Å². The van der Waals surface area contributed by atoms with Crippen LogP contribution >= 0.6 is 0 Å². The molecule has 0 heterocycles. The number of nitrogens with two attached hydrogens (primary N) is 1. The van der Waals surface area contributed by atoms with Crippen LogP contribution in [0.3, 0.4) is 0 Å². The predicted molar refractivity (Wildman–Crippen MR) is 66.5 cm³/mol. The van der Waals surface area contributed by atoms with Crippen molar-refractivity contribution in [2.75, 3.05) is 19.7 Å². The molecule has 18 heavy (non-hydrogen) atoms. The van der Waals surface area contributed by atoms with E-state index in [9.17, 15) is 9.18 Å². The van der Waals surface area contributed by atoms with Gasteiger partial charge in [-0.3, -0.25) is 4.79 Å². The normalized spacial score (nSPS) is 9.61. The first-order valence-electron chi connectivity index (χ1n) is 5.49. The summed E-state index contributed by atoms with van der Waals surface area (Å²) < 4.78 is 18.6. The van der Waals surface area contributed by atoms with E-state index in [0.29, 0.717) is 13.0 Å². The summed E-state index contributed by atoms with van der Waals surface area (Å²) >= 11 is 0. The van der Waals surface area contributed by atoms with Gasteiger partial charge in [0.15, 0.2) is 18.2 Å². The molecule has 1 aromatic rings. The maximum Gasteiger partial charge on any atom is 0.258 e. The molecule has 3 N–H and O–H groups in total. The lowest BCUT2D eigenvalue weighted by molar-refractivity contribution is -0.122. The van der Waals surface area contributed by atoms with Gasteiger partial charge in [0.1, 0.15) is 0 Å². The van der Waals surface area contributed by atoms with Crippen molar-refractivity contribution in [1.82, 2.24) is 5.32 Å². The molecule has 0 radical (unpaired) electrons. The molecule has 0 unspecified atom stereocenters. The summed E-state index contributed by atoms with van der Waals surface area (Å²) in [7, 11) is 0. The molecule has 0 spiro atoms. The third-order valence-corrected chi connectivity index (χ3v) is 2.18. The van der Waals surface area contributed by atoms with Gasteiger partial charge in [-0.15, -0.1) is 6.42 Å². The third kappa shape index (κ3) is 4.44. The van der Waals surface area contributed by atoms with Gasteiger partial charge in [-0.1, -0.05) is 12.0 Å². The highest BCUT2D eigenvalue weighted by Gasteiger charge is 2.07. The highest BCUT2D eigenvalue weighted by atomic mass is 19.1. The van der Waals surface area contributed by atoms with E-state index in [4.69, 9.17) is 16.9 Å². The smallest absolute Gasteiger partial charge is 0.258 e. The Labute approximate surface area is 105 Å². The average molecular weight is 250 g/mol. The number of carbonyl (C=O) groups excluding carboxylic acids is 1.